The summed E-state index contributed by atoms with van der Waals surface area (Å²) in [6.07, 6.45) is 5.28. The van der Waals surface area contributed by atoms with Gasteiger partial charge < -0.3 is 25.4 Å². The Morgan fingerprint density at radius 3 is 2.53 bits per heavy atom. The van der Waals surface area contributed by atoms with Crippen LogP contribution in [0.3, 0.4) is 0 Å². The van der Waals surface area contributed by atoms with E-state index in [0.29, 0.717) is 32.2 Å². The van der Waals surface area contributed by atoms with Crippen molar-refractivity contribution >= 4 is 17.7 Å². The lowest BCUT2D eigenvalue weighted by molar-refractivity contribution is -0.151. The van der Waals surface area contributed by atoms with Crippen molar-refractivity contribution in [3.05, 3.63) is 0 Å². The number of rotatable bonds is 10. The fraction of sp³-hybridized carbons (Fsp3) is 0.864. The van der Waals surface area contributed by atoms with E-state index in [1.54, 1.807) is 7.05 Å². The summed E-state index contributed by atoms with van der Waals surface area (Å²) in [6, 6.07) is -1.30. The number of fused-ring (bicyclic) bond motifs is 1. The molecule has 3 heterocycles. The topological polar surface area (TPSA) is 108 Å². The maximum atomic E-state index is 13.7. The van der Waals surface area contributed by atoms with Gasteiger partial charge in [-0.3, -0.25) is 14.4 Å². The molecular formula is C22H37N3O5. The molecule has 170 valence electrons. The standard InChI is InChI=1S/C22H37N3O5/c1-5-8-9-12-24-19(28)17-22-11-10-21(7-3,30-22)15(18(27)23-4)16(22)20(29)25(17)14(6-2)13-26/h14-17,26H,5-13H2,1-4H3,(H,23,27)(H,24,28)/t14-,15+,16-,17?,21-,22?/m0/s1. The number of ether oxygens (including phenoxy) is 1. The molecule has 0 aromatic heterocycles. The number of aliphatic hydroxyl groups excluding tert-OH is 1. The monoisotopic (exact) mass is 423 g/mol. The molecule has 3 aliphatic heterocycles. The van der Waals surface area contributed by atoms with Crippen molar-refractivity contribution in [2.45, 2.75) is 89.0 Å². The van der Waals surface area contributed by atoms with Gasteiger partial charge in [0.2, 0.25) is 17.7 Å². The third-order valence-electron chi connectivity index (χ3n) is 7.55. The van der Waals surface area contributed by atoms with Gasteiger partial charge >= 0.3 is 0 Å². The maximum absolute atomic E-state index is 13.7. The summed E-state index contributed by atoms with van der Waals surface area (Å²) >= 11 is 0. The Hall–Kier alpha value is -1.67. The lowest BCUT2D eigenvalue weighted by Gasteiger charge is -2.37. The number of carbonyl (C=O) groups excluding carboxylic acids is 3. The summed E-state index contributed by atoms with van der Waals surface area (Å²) in [7, 11) is 1.57. The normalized spacial score (nSPS) is 35.4. The molecule has 3 fully saturated rings. The van der Waals surface area contributed by atoms with Crippen LogP contribution in [-0.2, 0) is 19.1 Å². The zero-order valence-corrected chi connectivity index (χ0v) is 18.7. The van der Waals surface area contributed by atoms with Crippen molar-refractivity contribution in [1.29, 1.82) is 0 Å². The Morgan fingerprint density at radius 1 is 1.23 bits per heavy atom. The molecule has 1 spiro atoms. The third-order valence-corrected chi connectivity index (χ3v) is 7.55. The van der Waals surface area contributed by atoms with Gasteiger partial charge in [0.25, 0.3) is 0 Å². The lowest BCUT2D eigenvalue weighted by atomic mass is 9.65. The number of aliphatic hydroxyl groups is 1. The largest absolute Gasteiger partial charge is 0.394 e. The maximum Gasteiger partial charge on any atom is 0.245 e. The van der Waals surface area contributed by atoms with Crippen molar-refractivity contribution < 1.29 is 24.2 Å². The zero-order valence-electron chi connectivity index (χ0n) is 18.7. The molecule has 0 aromatic rings. The molecule has 3 amide bonds. The van der Waals surface area contributed by atoms with E-state index >= 15 is 0 Å². The molecule has 0 radical (unpaired) electrons. The SMILES string of the molecule is CCCCCNC(=O)C1N([C@@H](CC)CO)C(=O)[C@@H]2[C@H](C(=O)NC)[C@]3(CC)CCC12O3. The molecule has 3 aliphatic rings. The summed E-state index contributed by atoms with van der Waals surface area (Å²) in [6.45, 7) is 6.27. The van der Waals surface area contributed by atoms with Crippen LogP contribution >= 0.6 is 0 Å². The minimum atomic E-state index is -1.01. The second-order valence-corrected chi connectivity index (χ2v) is 8.94. The predicted octanol–water partition coefficient (Wildman–Crippen LogP) is 0.965. The minimum absolute atomic E-state index is 0.210. The van der Waals surface area contributed by atoms with E-state index in [2.05, 4.69) is 17.6 Å². The number of nitrogens with zero attached hydrogens (tertiary/aromatic N) is 1. The fourth-order valence-corrected chi connectivity index (χ4v) is 6.00. The first-order valence-corrected chi connectivity index (χ1v) is 11.5. The molecule has 3 saturated heterocycles. The molecule has 0 aliphatic carbocycles. The number of likely N-dealkylation sites (tertiary alicyclic amines) is 1. The molecule has 2 unspecified atom stereocenters. The minimum Gasteiger partial charge on any atom is -0.394 e. The van der Waals surface area contributed by atoms with E-state index in [0.717, 1.165) is 19.3 Å². The van der Waals surface area contributed by atoms with E-state index in [1.807, 2.05) is 13.8 Å². The summed E-state index contributed by atoms with van der Waals surface area (Å²) in [5.41, 5.74) is -1.73. The summed E-state index contributed by atoms with van der Waals surface area (Å²) in [5, 5.41) is 15.7. The molecular weight excluding hydrogens is 386 g/mol. The number of unbranched alkanes of at least 4 members (excludes halogenated alkanes) is 2. The molecule has 6 atom stereocenters. The molecule has 3 N–H and O–H groups in total. The van der Waals surface area contributed by atoms with Gasteiger partial charge in [-0.25, -0.2) is 0 Å². The highest BCUT2D eigenvalue weighted by molar-refractivity contribution is 5.99. The van der Waals surface area contributed by atoms with E-state index < -0.39 is 35.1 Å². The van der Waals surface area contributed by atoms with Crippen LogP contribution in [0.2, 0.25) is 0 Å². The van der Waals surface area contributed by atoms with Crippen LogP contribution in [-0.4, -0.2) is 71.2 Å². The highest BCUT2D eigenvalue weighted by Gasteiger charge is 2.78. The Labute approximate surface area is 179 Å². The fourth-order valence-electron chi connectivity index (χ4n) is 6.00. The first-order valence-electron chi connectivity index (χ1n) is 11.5. The van der Waals surface area contributed by atoms with Gasteiger partial charge in [-0.05, 0) is 32.1 Å². The second-order valence-electron chi connectivity index (χ2n) is 8.94. The lowest BCUT2D eigenvalue weighted by Crippen LogP contribution is -2.58. The van der Waals surface area contributed by atoms with Crippen LogP contribution in [0.5, 0.6) is 0 Å². The van der Waals surface area contributed by atoms with Gasteiger partial charge in [-0.1, -0.05) is 33.6 Å². The average Bonchev–Trinajstić information content (AvgIpc) is 3.36. The van der Waals surface area contributed by atoms with Gasteiger partial charge in [-0.2, -0.15) is 0 Å². The van der Waals surface area contributed by atoms with Gasteiger partial charge in [0.15, 0.2) is 0 Å². The van der Waals surface area contributed by atoms with Crippen LogP contribution in [0, 0.1) is 11.8 Å². The quantitative estimate of drug-likeness (QED) is 0.454. The van der Waals surface area contributed by atoms with Crippen LogP contribution in [0.25, 0.3) is 0 Å². The van der Waals surface area contributed by atoms with E-state index in [1.165, 1.54) is 4.90 Å². The number of hydrogen-bond donors (Lipinski definition) is 3. The van der Waals surface area contributed by atoms with Crippen LogP contribution in [0.1, 0.15) is 65.7 Å². The number of hydrogen-bond acceptors (Lipinski definition) is 5. The summed E-state index contributed by atoms with van der Waals surface area (Å²) in [5.74, 6) is -2.01. The Balaban J connectivity index is 2.01. The number of nitrogens with one attached hydrogen (secondary N) is 2. The molecule has 0 aromatic carbocycles. The predicted molar refractivity (Wildman–Crippen MR) is 111 cm³/mol. The first-order chi connectivity index (χ1) is 14.4. The first kappa shape index (κ1) is 23.0. The highest BCUT2D eigenvalue weighted by atomic mass is 16.5. The van der Waals surface area contributed by atoms with E-state index in [-0.39, 0.29) is 24.3 Å². The van der Waals surface area contributed by atoms with E-state index in [4.69, 9.17) is 4.74 Å². The molecule has 2 bridgehead atoms. The second kappa shape index (κ2) is 8.83. The smallest absolute Gasteiger partial charge is 0.245 e. The van der Waals surface area contributed by atoms with E-state index in [9.17, 15) is 19.5 Å². The van der Waals surface area contributed by atoms with Crippen molar-refractivity contribution in [2.24, 2.45) is 11.8 Å². The molecule has 8 nitrogen and oxygen atoms in total. The Morgan fingerprint density at radius 2 is 1.97 bits per heavy atom. The molecule has 3 rings (SSSR count). The van der Waals surface area contributed by atoms with Gasteiger partial charge in [0, 0.05) is 13.6 Å². The van der Waals surface area contributed by atoms with Gasteiger partial charge in [-0.15, -0.1) is 0 Å². The van der Waals surface area contributed by atoms with Crippen LogP contribution < -0.4 is 10.6 Å². The Bertz CT molecular complexity index is 682. The van der Waals surface area contributed by atoms with Crippen LogP contribution in [0.15, 0.2) is 0 Å². The van der Waals surface area contributed by atoms with Crippen molar-refractivity contribution in [1.82, 2.24) is 15.5 Å². The van der Waals surface area contributed by atoms with Gasteiger partial charge in [0.1, 0.15) is 11.6 Å². The zero-order chi connectivity index (χ0) is 22.1. The molecule has 0 saturated carbocycles. The van der Waals surface area contributed by atoms with Crippen molar-refractivity contribution in [2.75, 3.05) is 20.2 Å². The van der Waals surface area contributed by atoms with Crippen molar-refractivity contribution in [3.63, 3.8) is 0 Å². The number of amides is 3. The number of carbonyl (C=O) groups is 3. The van der Waals surface area contributed by atoms with Crippen molar-refractivity contribution in [3.8, 4) is 0 Å². The van der Waals surface area contributed by atoms with Crippen LogP contribution in [0.4, 0.5) is 0 Å². The summed E-state index contributed by atoms with van der Waals surface area (Å²) in [4.78, 5) is 41.5. The Kier molecular flexibility index (Phi) is 6.77. The highest BCUT2D eigenvalue weighted by Crippen LogP contribution is 2.64. The van der Waals surface area contributed by atoms with Gasteiger partial charge in [0.05, 0.1) is 30.1 Å². The molecule has 30 heavy (non-hydrogen) atoms. The average molecular weight is 424 g/mol. The molecule has 8 heteroatoms. The summed E-state index contributed by atoms with van der Waals surface area (Å²) < 4.78 is 6.59. The third kappa shape index (κ3) is 3.23.